The van der Waals surface area contributed by atoms with E-state index in [9.17, 15) is 9.90 Å². The fraction of sp³-hybridized carbons (Fsp3) is 0.619. The number of methoxy groups -OCH3 is 1. The molecule has 27 heavy (non-hydrogen) atoms. The van der Waals surface area contributed by atoms with Gasteiger partial charge in [-0.05, 0) is 58.9 Å². The van der Waals surface area contributed by atoms with Gasteiger partial charge in [0.2, 0.25) is 5.88 Å². The van der Waals surface area contributed by atoms with Gasteiger partial charge in [0, 0.05) is 11.6 Å². The minimum Gasteiger partial charge on any atom is -0.481 e. The van der Waals surface area contributed by atoms with E-state index in [4.69, 9.17) is 9.47 Å². The lowest BCUT2D eigenvalue weighted by Crippen LogP contribution is -2.68. The van der Waals surface area contributed by atoms with Crippen molar-refractivity contribution in [3.63, 3.8) is 0 Å². The quantitative estimate of drug-likeness (QED) is 0.792. The van der Waals surface area contributed by atoms with E-state index in [0.29, 0.717) is 18.7 Å². The molecule has 1 amide bonds. The first-order valence-electron chi connectivity index (χ1n) is 9.51. The topological polar surface area (TPSA) is 80.7 Å². The van der Waals surface area contributed by atoms with Gasteiger partial charge in [-0.2, -0.15) is 0 Å². The summed E-state index contributed by atoms with van der Waals surface area (Å²) in [4.78, 5) is 17.4. The summed E-state index contributed by atoms with van der Waals surface area (Å²) < 4.78 is 10.8. The van der Waals surface area contributed by atoms with Gasteiger partial charge in [-0.1, -0.05) is 18.6 Å². The van der Waals surface area contributed by atoms with Crippen LogP contribution in [0.4, 0.5) is 4.79 Å². The first kappa shape index (κ1) is 19.7. The largest absolute Gasteiger partial charge is 0.481 e. The molecule has 0 saturated heterocycles. The van der Waals surface area contributed by atoms with Gasteiger partial charge < -0.3 is 19.9 Å². The van der Waals surface area contributed by atoms with Crippen LogP contribution >= 0.6 is 0 Å². The Kier molecular flexibility index (Phi) is 4.75. The summed E-state index contributed by atoms with van der Waals surface area (Å²) in [6, 6.07) is 3.66. The highest BCUT2D eigenvalue weighted by Crippen LogP contribution is 2.53. The first-order chi connectivity index (χ1) is 12.5. The van der Waals surface area contributed by atoms with Gasteiger partial charge in [-0.3, -0.25) is 0 Å². The molecule has 0 aromatic carbocycles. The van der Waals surface area contributed by atoms with Crippen LogP contribution < -0.4 is 10.1 Å². The summed E-state index contributed by atoms with van der Waals surface area (Å²) in [7, 11) is 1.58. The Morgan fingerprint density at radius 1 is 1.37 bits per heavy atom. The van der Waals surface area contributed by atoms with Crippen molar-refractivity contribution in [2.45, 2.75) is 70.6 Å². The fourth-order valence-corrected chi connectivity index (χ4v) is 4.57. The third-order valence-electron chi connectivity index (χ3n) is 5.65. The second-order valence-corrected chi connectivity index (χ2v) is 8.66. The second kappa shape index (κ2) is 6.51. The third kappa shape index (κ3) is 3.20. The SMILES string of the molecule is CC[C@]1(O)[C@H]2CC(C)=C[C@]1(NC(=O)OC(C)(C)C)c1ccc(OC)nc1C2. The van der Waals surface area contributed by atoms with Crippen molar-refractivity contribution in [2.24, 2.45) is 5.92 Å². The number of hydrogen-bond acceptors (Lipinski definition) is 5. The number of aliphatic hydroxyl groups is 1. The molecule has 6 heteroatoms. The molecule has 2 bridgehead atoms. The number of carbonyl (C=O) groups is 1. The average Bonchev–Trinajstić information content (AvgIpc) is 2.55. The molecule has 3 atom stereocenters. The van der Waals surface area contributed by atoms with Crippen molar-refractivity contribution in [3.8, 4) is 5.88 Å². The third-order valence-corrected chi connectivity index (χ3v) is 5.65. The van der Waals surface area contributed by atoms with E-state index in [1.807, 2.05) is 46.8 Å². The molecule has 0 unspecified atom stereocenters. The normalized spacial score (nSPS) is 29.4. The lowest BCUT2D eigenvalue weighted by atomic mass is 9.56. The van der Waals surface area contributed by atoms with Crippen molar-refractivity contribution < 1.29 is 19.4 Å². The number of nitrogens with zero attached hydrogens (tertiary/aromatic N) is 1. The van der Waals surface area contributed by atoms with Crippen molar-refractivity contribution >= 4 is 6.09 Å². The maximum absolute atomic E-state index is 12.7. The van der Waals surface area contributed by atoms with E-state index in [2.05, 4.69) is 10.3 Å². The number of alkyl carbamates (subject to hydrolysis) is 1. The van der Waals surface area contributed by atoms with Gasteiger partial charge in [-0.15, -0.1) is 0 Å². The molecule has 0 radical (unpaired) electrons. The van der Waals surface area contributed by atoms with Gasteiger partial charge in [-0.25, -0.2) is 9.78 Å². The molecular weight excluding hydrogens is 344 g/mol. The Hall–Kier alpha value is -2.08. The highest BCUT2D eigenvalue weighted by atomic mass is 16.6. The van der Waals surface area contributed by atoms with Crippen LogP contribution in [-0.4, -0.2) is 34.5 Å². The Bertz CT molecular complexity index is 783. The number of carbonyl (C=O) groups excluding carboxylic acids is 1. The van der Waals surface area contributed by atoms with Gasteiger partial charge in [0.25, 0.3) is 0 Å². The molecule has 3 rings (SSSR count). The van der Waals surface area contributed by atoms with Crippen LogP contribution in [0, 0.1) is 5.92 Å². The van der Waals surface area contributed by atoms with E-state index in [0.717, 1.165) is 23.3 Å². The predicted molar refractivity (Wildman–Crippen MR) is 103 cm³/mol. The second-order valence-electron chi connectivity index (χ2n) is 8.66. The minimum atomic E-state index is -1.12. The zero-order chi connectivity index (χ0) is 20.0. The maximum Gasteiger partial charge on any atom is 0.408 e. The number of rotatable bonds is 3. The van der Waals surface area contributed by atoms with Gasteiger partial charge >= 0.3 is 6.09 Å². The lowest BCUT2D eigenvalue weighted by molar-refractivity contribution is -0.102. The van der Waals surface area contributed by atoms with Crippen molar-refractivity contribution in [1.29, 1.82) is 0 Å². The van der Waals surface area contributed by atoms with Crippen LogP contribution in [0.25, 0.3) is 0 Å². The van der Waals surface area contributed by atoms with Crippen LogP contribution in [0.1, 0.15) is 58.7 Å². The summed E-state index contributed by atoms with van der Waals surface area (Å²) in [5, 5.41) is 14.8. The van der Waals surface area contributed by atoms with E-state index < -0.39 is 22.8 Å². The number of amides is 1. The van der Waals surface area contributed by atoms with Crippen molar-refractivity contribution in [3.05, 3.63) is 35.0 Å². The van der Waals surface area contributed by atoms with Crippen molar-refractivity contribution in [2.75, 3.05) is 7.11 Å². The van der Waals surface area contributed by atoms with Gasteiger partial charge in [0.05, 0.1) is 18.4 Å². The summed E-state index contributed by atoms with van der Waals surface area (Å²) in [6.07, 6.45) is 3.33. The number of allylic oxidation sites excluding steroid dienone is 1. The Labute approximate surface area is 161 Å². The molecule has 0 aliphatic heterocycles. The number of aromatic nitrogens is 1. The number of hydrogen-bond donors (Lipinski definition) is 2. The van der Waals surface area contributed by atoms with Crippen LogP contribution in [0.2, 0.25) is 0 Å². The molecule has 0 saturated carbocycles. The van der Waals surface area contributed by atoms with Crippen LogP contribution in [0.15, 0.2) is 23.8 Å². The highest BCUT2D eigenvalue weighted by Gasteiger charge is 2.60. The number of ether oxygens (including phenoxy) is 2. The minimum absolute atomic E-state index is 0.0467. The molecule has 148 valence electrons. The molecule has 6 nitrogen and oxygen atoms in total. The summed E-state index contributed by atoms with van der Waals surface area (Å²) in [5.41, 5.74) is -0.0498. The Balaban J connectivity index is 2.17. The van der Waals surface area contributed by atoms with Gasteiger partial charge in [0.1, 0.15) is 11.1 Å². The van der Waals surface area contributed by atoms with Crippen LogP contribution in [0.5, 0.6) is 5.88 Å². The molecule has 1 heterocycles. The zero-order valence-electron chi connectivity index (χ0n) is 17.0. The van der Waals surface area contributed by atoms with E-state index in [1.165, 1.54) is 0 Å². The molecule has 2 aliphatic rings. The lowest BCUT2D eigenvalue weighted by Gasteiger charge is -2.56. The molecule has 2 aliphatic carbocycles. The number of nitrogens with one attached hydrogen (secondary N) is 1. The Morgan fingerprint density at radius 3 is 2.67 bits per heavy atom. The molecule has 0 fully saturated rings. The Morgan fingerprint density at radius 2 is 2.07 bits per heavy atom. The first-order valence-corrected chi connectivity index (χ1v) is 9.51. The van der Waals surface area contributed by atoms with E-state index >= 15 is 0 Å². The van der Waals surface area contributed by atoms with Gasteiger partial charge in [0.15, 0.2) is 0 Å². The van der Waals surface area contributed by atoms with Crippen molar-refractivity contribution in [1.82, 2.24) is 10.3 Å². The molecule has 2 N–H and O–H groups in total. The molecule has 1 aromatic rings. The van der Waals surface area contributed by atoms with Crippen LogP contribution in [-0.2, 0) is 16.7 Å². The van der Waals surface area contributed by atoms with Crippen LogP contribution in [0.3, 0.4) is 0 Å². The van der Waals surface area contributed by atoms with E-state index in [1.54, 1.807) is 13.2 Å². The predicted octanol–water partition coefficient (Wildman–Crippen LogP) is 3.47. The molecular formula is C21H30N2O4. The summed E-state index contributed by atoms with van der Waals surface area (Å²) in [5.74, 6) is 0.483. The fourth-order valence-electron chi connectivity index (χ4n) is 4.57. The summed E-state index contributed by atoms with van der Waals surface area (Å²) in [6.45, 7) is 9.46. The molecule has 0 spiro atoms. The standard InChI is InChI=1S/C21H30N2O4/c1-7-21(25)14-10-13(2)12-20(21,23-18(24)27-19(3,4)5)15-8-9-17(26-6)22-16(15)11-14/h8-9,12,14,25H,7,10-11H2,1-6H3,(H,23,24)/t14-,20-,21-/m0/s1. The number of pyridine rings is 1. The average molecular weight is 374 g/mol. The highest BCUT2D eigenvalue weighted by molar-refractivity contribution is 5.71. The van der Waals surface area contributed by atoms with E-state index in [-0.39, 0.29) is 5.92 Å². The summed E-state index contributed by atoms with van der Waals surface area (Å²) >= 11 is 0. The number of fused-ring (bicyclic) bond motifs is 4. The zero-order valence-corrected chi connectivity index (χ0v) is 17.0. The molecule has 1 aromatic heterocycles. The smallest absolute Gasteiger partial charge is 0.408 e. The monoisotopic (exact) mass is 374 g/mol. The maximum atomic E-state index is 12.7.